The quantitative estimate of drug-likeness (QED) is 0.625. The Bertz CT molecular complexity index is 1030. The largest absolute Gasteiger partial charge is 0.416 e. The van der Waals surface area contributed by atoms with Gasteiger partial charge in [0.1, 0.15) is 0 Å². The van der Waals surface area contributed by atoms with Gasteiger partial charge in [0.05, 0.1) is 16.9 Å². The van der Waals surface area contributed by atoms with E-state index in [9.17, 15) is 31.2 Å². The molecule has 2 amide bonds. The number of alkyl halides is 3. The summed E-state index contributed by atoms with van der Waals surface area (Å²) in [6, 6.07) is 9.44. The van der Waals surface area contributed by atoms with Crippen molar-refractivity contribution >= 4 is 21.8 Å². The molecule has 11 heteroatoms. The van der Waals surface area contributed by atoms with Crippen LogP contribution in [0.3, 0.4) is 0 Å². The number of nitrogens with one attached hydrogen (secondary N) is 2. The first-order valence-corrected chi connectivity index (χ1v) is 10.8. The van der Waals surface area contributed by atoms with Gasteiger partial charge in [-0.15, -0.1) is 0 Å². The highest BCUT2D eigenvalue weighted by Crippen LogP contribution is 2.29. The summed E-state index contributed by atoms with van der Waals surface area (Å²) in [7, 11) is -3.76. The van der Waals surface area contributed by atoms with Gasteiger partial charge in [-0.25, -0.2) is 8.42 Å². The van der Waals surface area contributed by atoms with Crippen molar-refractivity contribution in [3.63, 3.8) is 0 Å². The van der Waals surface area contributed by atoms with Crippen molar-refractivity contribution in [3.8, 4) is 0 Å². The molecule has 0 radical (unpaired) electrons. The molecule has 0 aliphatic heterocycles. The van der Waals surface area contributed by atoms with Crippen LogP contribution in [-0.4, -0.2) is 37.6 Å². The maximum Gasteiger partial charge on any atom is 0.416 e. The fraction of sp³-hybridized carbons (Fsp3) is 0.300. The van der Waals surface area contributed by atoms with Crippen molar-refractivity contribution in [2.24, 2.45) is 0 Å². The molecule has 0 atom stereocenters. The smallest absolute Gasteiger partial charge is 0.273 e. The lowest BCUT2D eigenvalue weighted by Gasteiger charge is -2.18. The number of hydrazine groups is 1. The van der Waals surface area contributed by atoms with E-state index in [0.717, 1.165) is 12.1 Å². The molecule has 168 valence electrons. The molecule has 0 bridgehead atoms. The minimum atomic E-state index is -4.47. The fourth-order valence-corrected chi connectivity index (χ4v) is 4.25. The second-order valence-corrected chi connectivity index (χ2v) is 8.43. The van der Waals surface area contributed by atoms with E-state index in [1.165, 1.54) is 40.7 Å². The van der Waals surface area contributed by atoms with E-state index < -0.39 is 33.6 Å². The van der Waals surface area contributed by atoms with Crippen LogP contribution in [-0.2, 0) is 27.4 Å². The predicted molar refractivity (Wildman–Crippen MR) is 107 cm³/mol. The highest BCUT2D eigenvalue weighted by atomic mass is 32.2. The molecule has 0 heterocycles. The number of benzene rings is 2. The average molecular weight is 457 g/mol. The lowest BCUT2D eigenvalue weighted by atomic mass is 10.1. The number of carbonyl (C=O) groups excluding carboxylic acids is 2. The summed E-state index contributed by atoms with van der Waals surface area (Å²) < 4.78 is 64.1. The highest BCUT2D eigenvalue weighted by molar-refractivity contribution is 7.89. The lowest BCUT2D eigenvalue weighted by molar-refractivity contribution is -0.137. The summed E-state index contributed by atoms with van der Waals surface area (Å²) in [5, 5.41) is 0. The van der Waals surface area contributed by atoms with E-state index in [-0.39, 0.29) is 30.0 Å². The van der Waals surface area contributed by atoms with Gasteiger partial charge in [0.15, 0.2) is 0 Å². The zero-order valence-corrected chi connectivity index (χ0v) is 17.7. The Kier molecular flexibility index (Phi) is 7.80. The number of hydrogen-bond acceptors (Lipinski definition) is 4. The van der Waals surface area contributed by atoms with E-state index in [1.807, 2.05) is 0 Å². The predicted octanol–water partition coefficient (Wildman–Crippen LogP) is 2.74. The summed E-state index contributed by atoms with van der Waals surface area (Å²) in [6.45, 7) is 3.94. The van der Waals surface area contributed by atoms with Gasteiger partial charge >= 0.3 is 6.18 Å². The zero-order valence-electron chi connectivity index (χ0n) is 16.9. The molecule has 2 aromatic carbocycles. The van der Waals surface area contributed by atoms with Gasteiger partial charge in [-0.05, 0) is 35.9 Å². The van der Waals surface area contributed by atoms with E-state index in [2.05, 4.69) is 10.9 Å². The second kappa shape index (κ2) is 9.92. The molecule has 0 aromatic heterocycles. The first-order valence-electron chi connectivity index (χ1n) is 9.34. The van der Waals surface area contributed by atoms with Gasteiger partial charge in [0.25, 0.3) is 5.91 Å². The van der Waals surface area contributed by atoms with E-state index in [4.69, 9.17) is 0 Å². The number of nitrogens with zero attached hydrogens (tertiary/aromatic N) is 1. The third-order valence-corrected chi connectivity index (χ3v) is 6.45. The van der Waals surface area contributed by atoms with Crippen LogP contribution in [0.2, 0.25) is 0 Å². The van der Waals surface area contributed by atoms with Crippen LogP contribution in [0, 0.1) is 0 Å². The standard InChI is InChI=1S/C20H22F3N3O4S/c1-3-26(4-2)31(29,30)17-7-5-6-15(13-17)19(28)25-24-18(27)12-14-8-10-16(11-9-14)20(21,22)23/h5-11,13H,3-4,12H2,1-2H3,(H,24,27)(H,25,28). The Balaban J connectivity index is 2.00. The number of amides is 2. The van der Waals surface area contributed by atoms with Gasteiger partial charge in [-0.1, -0.05) is 32.0 Å². The van der Waals surface area contributed by atoms with Crippen molar-refractivity contribution in [1.82, 2.24) is 15.2 Å². The number of hydrogen-bond donors (Lipinski definition) is 2. The molecule has 0 spiro atoms. The van der Waals surface area contributed by atoms with Crippen molar-refractivity contribution in [2.75, 3.05) is 13.1 Å². The van der Waals surface area contributed by atoms with E-state index in [0.29, 0.717) is 5.56 Å². The molecule has 0 saturated carbocycles. The SMILES string of the molecule is CCN(CC)S(=O)(=O)c1cccc(C(=O)NNC(=O)Cc2ccc(C(F)(F)F)cc2)c1. The van der Waals surface area contributed by atoms with Crippen LogP contribution in [0.1, 0.15) is 35.3 Å². The van der Waals surface area contributed by atoms with Crippen molar-refractivity contribution in [1.29, 1.82) is 0 Å². The average Bonchev–Trinajstić information content (AvgIpc) is 2.72. The molecule has 0 aliphatic carbocycles. The Morgan fingerprint density at radius 2 is 1.58 bits per heavy atom. The second-order valence-electron chi connectivity index (χ2n) is 6.49. The molecule has 31 heavy (non-hydrogen) atoms. The normalized spacial score (nSPS) is 11.9. The minimum absolute atomic E-state index is 0.0167. The van der Waals surface area contributed by atoms with Gasteiger partial charge in [0.2, 0.25) is 15.9 Å². The van der Waals surface area contributed by atoms with Crippen LogP contribution in [0.5, 0.6) is 0 Å². The fourth-order valence-electron chi connectivity index (χ4n) is 2.75. The minimum Gasteiger partial charge on any atom is -0.273 e. The van der Waals surface area contributed by atoms with Crippen LogP contribution in [0.15, 0.2) is 53.4 Å². The van der Waals surface area contributed by atoms with E-state index >= 15 is 0 Å². The molecule has 0 fully saturated rings. The van der Waals surface area contributed by atoms with Gasteiger partial charge in [0, 0.05) is 18.7 Å². The monoisotopic (exact) mass is 457 g/mol. The highest BCUT2D eigenvalue weighted by Gasteiger charge is 2.30. The third kappa shape index (κ3) is 6.28. The summed E-state index contributed by atoms with van der Waals surface area (Å²) in [4.78, 5) is 24.2. The van der Waals surface area contributed by atoms with Gasteiger partial charge in [-0.3, -0.25) is 20.4 Å². The Hall–Kier alpha value is -2.92. The number of sulfonamides is 1. The Morgan fingerprint density at radius 3 is 2.13 bits per heavy atom. The summed E-state index contributed by atoms with van der Waals surface area (Å²) in [5.74, 6) is -1.39. The molecule has 0 aliphatic rings. The van der Waals surface area contributed by atoms with Crippen molar-refractivity contribution in [2.45, 2.75) is 31.3 Å². The van der Waals surface area contributed by atoms with Gasteiger partial charge in [-0.2, -0.15) is 17.5 Å². The molecule has 2 N–H and O–H groups in total. The number of rotatable bonds is 7. The Morgan fingerprint density at radius 1 is 0.968 bits per heavy atom. The Labute approximate surface area is 178 Å². The first-order chi connectivity index (χ1) is 14.5. The third-order valence-electron chi connectivity index (χ3n) is 4.40. The number of carbonyl (C=O) groups is 2. The summed E-state index contributed by atoms with van der Waals surface area (Å²) in [5.41, 5.74) is 3.83. The van der Waals surface area contributed by atoms with Crippen LogP contribution in [0.25, 0.3) is 0 Å². The van der Waals surface area contributed by atoms with Crippen LogP contribution >= 0.6 is 0 Å². The van der Waals surface area contributed by atoms with E-state index in [1.54, 1.807) is 13.8 Å². The van der Waals surface area contributed by atoms with Gasteiger partial charge < -0.3 is 0 Å². The molecule has 0 saturated heterocycles. The van der Waals surface area contributed by atoms with Crippen molar-refractivity contribution < 1.29 is 31.2 Å². The topological polar surface area (TPSA) is 95.6 Å². The zero-order chi connectivity index (χ0) is 23.2. The number of halogens is 3. The summed E-state index contributed by atoms with van der Waals surface area (Å²) >= 11 is 0. The molecule has 2 rings (SSSR count). The maximum absolute atomic E-state index is 12.6. The molecule has 2 aromatic rings. The van der Waals surface area contributed by atoms with Crippen LogP contribution in [0.4, 0.5) is 13.2 Å². The van der Waals surface area contributed by atoms with Crippen molar-refractivity contribution in [3.05, 3.63) is 65.2 Å². The molecular formula is C20H22F3N3O4S. The lowest BCUT2D eigenvalue weighted by Crippen LogP contribution is -2.42. The first kappa shape index (κ1) is 24.4. The van der Waals surface area contributed by atoms with Crippen LogP contribution < -0.4 is 10.9 Å². The molecule has 0 unspecified atom stereocenters. The molecule has 7 nitrogen and oxygen atoms in total. The summed E-state index contributed by atoms with van der Waals surface area (Å²) in [6.07, 6.45) is -4.73. The maximum atomic E-state index is 12.6. The molecular weight excluding hydrogens is 435 g/mol.